The van der Waals surface area contributed by atoms with E-state index in [4.69, 9.17) is 11.6 Å². The first-order valence-electron chi connectivity index (χ1n) is 8.24. The summed E-state index contributed by atoms with van der Waals surface area (Å²) in [4.78, 5) is 12.2. The fraction of sp³-hybridized carbons (Fsp3) is 0.471. The van der Waals surface area contributed by atoms with Gasteiger partial charge in [-0.05, 0) is 50.5 Å². The molecule has 1 saturated carbocycles. The molecule has 3 rings (SSSR count). The summed E-state index contributed by atoms with van der Waals surface area (Å²) in [6.07, 6.45) is 3.15. The highest BCUT2D eigenvalue weighted by Gasteiger charge is 2.27. The van der Waals surface area contributed by atoms with Crippen LogP contribution < -0.4 is 5.32 Å². The Hall–Kier alpha value is -1.53. The van der Waals surface area contributed by atoms with Gasteiger partial charge >= 0.3 is 0 Å². The van der Waals surface area contributed by atoms with Crippen LogP contribution in [0.2, 0.25) is 5.02 Å². The maximum absolute atomic E-state index is 12.2. The summed E-state index contributed by atoms with van der Waals surface area (Å²) >= 11 is 7.42. The molecule has 1 fully saturated rings. The van der Waals surface area contributed by atoms with Gasteiger partial charge in [0.2, 0.25) is 5.91 Å². The molecule has 5 nitrogen and oxygen atoms in total. The lowest BCUT2D eigenvalue weighted by Crippen LogP contribution is -2.32. The second-order valence-electron chi connectivity index (χ2n) is 6.01. The van der Waals surface area contributed by atoms with Crippen molar-refractivity contribution < 1.29 is 4.79 Å². The number of amides is 1. The number of aromatic nitrogens is 3. The predicted octanol–water partition coefficient (Wildman–Crippen LogP) is 3.77. The van der Waals surface area contributed by atoms with Crippen molar-refractivity contribution in [1.29, 1.82) is 0 Å². The van der Waals surface area contributed by atoms with E-state index in [1.54, 1.807) is 0 Å². The van der Waals surface area contributed by atoms with E-state index in [9.17, 15) is 4.79 Å². The van der Waals surface area contributed by atoms with Crippen molar-refractivity contribution in [1.82, 2.24) is 20.1 Å². The number of thioether (sulfide) groups is 1. The zero-order valence-corrected chi connectivity index (χ0v) is 15.4. The molecular formula is C17H21ClN4OS. The molecule has 0 radical (unpaired) electrons. The lowest BCUT2D eigenvalue weighted by Gasteiger charge is -2.13. The van der Waals surface area contributed by atoms with E-state index in [-0.39, 0.29) is 11.2 Å². The normalized spacial score (nSPS) is 15.3. The smallest absolute Gasteiger partial charge is 0.233 e. The van der Waals surface area contributed by atoms with Crippen LogP contribution in [0.25, 0.3) is 11.4 Å². The van der Waals surface area contributed by atoms with E-state index in [0.717, 1.165) is 42.4 Å². The zero-order valence-electron chi connectivity index (χ0n) is 13.8. The molecule has 1 aromatic carbocycles. The first-order valence-corrected chi connectivity index (χ1v) is 9.50. The van der Waals surface area contributed by atoms with Crippen LogP contribution in [-0.2, 0) is 11.3 Å². The van der Waals surface area contributed by atoms with E-state index < -0.39 is 0 Å². The number of halogens is 1. The maximum atomic E-state index is 12.2. The molecule has 1 aliphatic carbocycles. The number of nitrogens with zero attached hydrogens (tertiary/aromatic N) is 3. The Balaban J connectivity index is 1.79. The van der Waals surface area contributed by atoms with Gasteiger partial charge in [-0.25, -0.2) is 0 Å². The van der Waals surface area contributed by atoms with Crippen LogP contribution in [0.5, 0.6) is 0 Å². The highest BCUT2D eigenvalue weighted by molar-refractivity contribution is 8.00. The molecule has 1 amide bonds. The summed E-state index contributed by atoms with van der Waals surface area (Å²) in [5, 5.41) is 13.0. The van der Waals surface area contributed by atoms with E-state index in [0.29, 0.717) is 11.1 Å². The number of carbonyl (C=O) groups is 1. The molecule has 24 heavy (non-hydrogen) atoms. The molecule has 0 aliphatic heterocycles. The van der Waals surface area contributed by atoms with Gasteiger partial charge in [0.05, 0.1) is 5.25 Å². The van der Waals surface area contributed by atoms with Crippen LogP contribution in [-0.4, -0.2) is 32.0 Å². The highest BCUT2D eigenvalue weighted by Crippen LogP contribution is 2.28. The van der Waals surface area contributed by atoms with Crippen molar-refractivity contribution in [3.8, 4) is 11.4 Å². The SMILES string of the molecule is CCCn1c(S[C@@H](C)C(=O)NC2CC2)nnc1-c1ccc(Cl)cc1. The van der Waals surface area contributed by atoms with Gasteiger partial charge in [-0.1, -0.05) is 30.3 Å². The first-order chi connectivity index (χ1) is 11.6. The van der Waals surface area contributed by atoms with Crippen molar-refractivity contribution in [3.63, 3.8) is 0 Å². The molecule has 1 aliphatic rings. The third-order valence-corrected chi connectivity index (χ3v) is 5.17. The largest absolute Gasteiger partial charge is 0.352 e. The highest BCUT2D eigenvalue weighted by atomic mass is 35.5. The van der Waals surface area contributed by atoms with Crippen LogP contribution in [0.4, 0.5) is 0 Å². The number of benzene rings is 1. The molecular weight excluding hydrogens is 344 g/mol. The molecule has 0 bridgehead atoms. The van der Waals surface area contributed by atoms with Crippen molar-refractivity contribution >= 4 is 29.3 Å². The lowest BCUT2D eigenvalue weighted by atomic mass is 10.2. The van der Waals surface area contributed by atoms with Crippen LogP contribution in [0.15, 0.2) is 29.4 Å². The summed E-state index contributed by atoms with van der Waals surface area (Å²) in [6, 6.07) is 7.95. The fourth-order valence-electron chi connectivity index (χ4n) is 2.37. The van der Waals surface area contributed by atoms with Crippen LogP contribution in [0.3, 0.4) is 0 Å². The summed E-state index contributed by atoms with van der Waals surface area (Å²) < 4.78 is 2.08. The Kier molecular flexibility index (Phi) is 5.46. The molecule has 0 spiro atoms. The molecule has 128 valence electrons. The molecule has 1 heterocycles. The molecule has 0 saturated heterocycles. The molecule has 1 N–H and O–H groups in total. The number of rotatable bonds is 7. The molecule has 1 atom stereocenters. The van der Waals surface area contributed by atoms with Gasteiger partial charge in [-0.15, -0.1) is 10.2 Å². The van der Waals surface area contributed by atoms with Crippen LogP contribution in [0, 0.1) is 0 Å². The van der Waals surface area contributed by atoms with Crippen molar-refractivity contribution in [2.24, 2.45) is 0 Å². The summed E-state index contributed by atoms with van der Waals surface area (Å²) in [6.45, 7) is 4.84. The second-order valence-corrected chi connectivity index (χ2v) is 7.75. The fourth-order valence-corrected chi connectivity index (χ4v) is 3.38. The van der Waals surface area contributed by atoms with Gasteiger partial charge < -0.3 is 9.88 Å². The number of nitrogens with one attached hydrogen (secondary N) is 1. The van der Waals surface area contributed by atoms with E-state index in [2.05, 4.69) is 27.0 Å². The number of carbonyl (C=O) groups excluding carboxylic acids is 1. The van der Waals surface area contributed by atoms with E-state index in [1.807, 2.05) is 31.2 Å². The molecule has 0 unspecified atom stereocenters. The minimum Gasteiger partial charge on any atom is -0.352 e. The van der Waals surface area contributed by atoms with Crippen molar-refractivity contribution in [2.75, 3.05) is 0 Å². The Morgan fingerprint density at radius 1 is 1.38 bits per heavy atom. The van der Waals surface area contributed by atoms with Gasteiger partial charge in [-0.3, -0.25) is 4.79 Å². The first kappa shape index (κ1) is 17.3. The third kappa shape index (κ3) is 4.11. The Morgan fingerprint density at radius 2 is 2.08 bits per heavy atom. The minimum atomic E-state index is -0.191. The van der Waals surface area contributed by atoms with Gasteiger partial charge in [0.25, 0.3) is 0 Å². The monoisotopic (exact) mass is 364 g/mol. The Bertz CT molecular complexity index is 712. The molecule has 7 heteroatoms. The summed E-state index contributed by atoms with van der Waals surface area (Å²) in [5.74, 6) is 0.882. The summed E-state index contributed by atoms with van der Waals surface area (Å²) in [7, 11) is 0. The Morgan fingerprint density at radius 3 is 2.71 bits per heavy atom. The second kappa shape index (κ2) is 7.57. The standard InChI is InChI=1S/C17H21ClN4OS/c1-3-10-22-15(12-4-6-13(18)7-5-12)20-21-17(22)24-11(2)16(23)19-14-8-9-14/h4-7,11,14H,3,8-10H2,1-2H3,(H,19,23)/t11-/m0/s1. The lowest BCUT2D eigenvalue weighted by molar-refractivity contribution is -0.120. The van der Waals surface area contributed by atoms with Crippen LogP contribution in [0.1, 0.15) is 33.1 Å². The average Bonchev–Trinajstić information content (AvgIpc) is 3.30. The molecule has 1 aromatic heterocycles. The van der Waals surface area contributed by atoms with E-state index in [1.165, 1.54) is 11.8 Å². The molecule has 2 aromatic rings. The Labute approximate surface area is 151 Å². The van der Waals surface area contributed by atoms with Gasteiger partial charge in [-0.2, -0.15) is 0 Å². The van der Waals surface area contributed by atoms with E-state index >= 15 is 0 Å². The maximum Gasteiger partial charge on any atom is 0.233 e. The van der Waals surface area contributed by atoms with Gasteiger partial charge in [0, 0.05) is 23.2 Å². The van der Waals surface area contributed by atoms with Crippen molar-refractivity contribution in [3.05, 3.63) is 29.3 Å². The van der Waals surface area contributed by atoms with Gasteiger partial charge in [0.1, 0.15) is 0 Å². The average molecular weight is 365 g/mol. The number of hydrogen-bond donors (Lipinski definition) is 1. The zero-order chi connectivity index (χ0) is 17.1. The topological polar surface area (TPSA) is 59.8 Å². The summed E-state index contributed by atoms with van der Waals surface area (Å²) in [5.41, 5.74) is 0.974. The predicted molar refractivity (Wildman–Crippen MR) is 97.2 cm³/mol. The van der Waals surface area contributed by atoms with Crippen molar-refractivity contribution in [2.45, 2.75) is 56.1 Å². The third-order valence-electron chi connectivity index (χ3n) is 3.84. The number of hydrogen-bond acceptors (Lipinski definition) is 4. The van der Waals surface area contributed by atoms with Crippen LogP contribution >= 0.6 is 23.4 Å². The minimum absolute atomic E-state index is 0.0709. The van der Waals surface area contributed by atoms with Gasteiger partial charge in [0.15, 0.2) is 11.0 Å². The quantitative estimate of drug-likeness (QED) is 0.760.